The van der Waals surface area contributed by atoms with Crippen LogP contribution in [-0.2, 0) is 9.53 Å². The number of esters is 1. The Bertz CT molecular complexity index is 646. The largest absolute Gasteiger partial charge is 0.489 e. The molecule has 0 spiro atoms. The molecule has 0 aliphatic rings. The number of methoxy groups -OCH3 is 1. The van der Waals surface area contributed by atoms with Crippen LogP contribution in [-0.4, -0.2) is 24.7 Å². The molecule has 4 nitrogen and oxygen atoms in total. The average molecular weight is 403 g/mol. The molecule has 0 saturated carbocycles. The molecule has 106 valence electrons. The fraction of sp³-hybridized carbons (Fsp3) is 0.286. The molecule has 2 aromatic rings. The number of hydrogen-bond acceptors (Lipinski definition) is 4. The Kier molecular flexibility index (Phi) is 4.99. The van der Waals surface area contributed by atoms with Crippen molar-refractivity contribution in [1.82, 2.24) is 4.98 Å². The third-order valence-corrected chi connectivity index (χ3v) is 4.08. The van der Waals surface area contributed by atoms with Crippen molar-refractivity contribution in [3.05, 3.63) is 33.3 Å². The monoisotopic (exact) mass is 401 g/mol. The Morgan fingerprint density at radius 1 is 1.40 bits per heavy atom. The number of aromatic nitrogens is 1. The number of fused-ring (bicyclic) bond motifs is 1. The molecular formula is C14H13Br2NO3. The highest BCUT2D eigenvalue weighted by Gasteiger charge is 2.17. The summed E-state index contributed by atoms with van der Waals surface area (Å²) in [6.45, 7) is 1.99. The summed E-state index contributed by atoms with van der Waals surface area (Å²) in [5, 5.41) is 0.955. The van der Waals surface area contributed by atoms with E-state index >= 15 is 0 Å². The van der Waals surface area contributed by atoms with Crippen LogP contribution in [0.4, 0.5) is 0 Å². The van der Waals surface area contributed by atoms with Gasteiger partial charge in [-0.25, -0.2) is 0 Å². The number of rotatable bonds is 4. The van der Waals surface area contributed by atoms with Gasteiger partial charge in [0.2, 0.25) is 0 Å². The smallest absolute Gasteiger partial charge is 0.311 e. The van der Waals surface area contributed by atoms with E-state index in [0.29, 0.717) is 5.75 Å². The Labute approximate surface area is 133 Å². The van der Waals surface area contributed by atoms with Crippen molar-refractivity contribution in [3.8, 4) is 5.75 Å². The molecule has 0 amide bonds. The number of halogens is 2. The molecule has 0 bridgehead atoms. The zero-order chi connectivity index (χ0) is 14.7. The summed E-state index contributed by atoms with van der Waals surface area (Å²) in [6, 6.07) is 5.72. The van der Waals surface area contributed by atoms with Crippen molar-refractivity contribution in [1.29, 1.82) is 0 Å². The number of carbonyl (C=O) groups excluding carboxylic acids is 1. The molecule has 1 unspecified atom stereocenters. The lowest BCUT2D eigenvalue weighted by atomic mass is 10.2. The van der Waals surface area contributed by atoms with Gasteiger partial charge in [0.1, 0.15) is 12.1 Å². The molecular weight excluding hydrogens is 390 g/mol. The Morgan fingerprint density at radius 3 is 2.85 bits per heavy atom. The van der Waals surface area contributed by atoms with Crippen molar-refractivity contribution in [2.24, 2.45) is 5.92 Å². The number of benzene rings is 1. The predicted molar refractivity (Wildman–Crippen MR) is 83.8 cm³/mol. The quantitative estimate of drug-likeness (QED) is 0.726. The van der Waals surface area contributed by atoms with Crippen LogP contribution in [0.2, 0.25) is 0 Å². The number of pyridine rings is 1. The molecule has 20 heavy (non-hydrogen) atoms. The molecule has 0 N–H and O–H groups in total. The van der Waals surface area contributed by atoms with Crippen LogP contribution in [0.15, 0.2) is 33.3 Å². The van der Waals surface area contributed by atoms with Gasteiger partial charge in [0, 0.05) is 16.1 Å². The fourth-order valence-corrected chi connectivity index (χ4v) is 3.15. The van der Waals surface area contributed by atoms with Gasteiger partial charge < -0.3 is 9.47 Å². The highest BCUT2D eigenvalue weighted by Crippen LogP contribution is 2.37. The molecule has 0 saturated heterocycles. The second kappa shape index (κ2) is 6.54. The summed E-state index contributed by atoms with van der Waals surface area (Å²) in [7, 11) is 1.37. The first-order valence-electron chi connectivity index (χ1n) is 5.98. The minimum atomic E-state index is -0.339. The third-order valence-electron chi connectivity index (χ3n) is 2.83. The van der Waals surface area contributed by atoms with Crippen molar-refractivity contribution >= 4 is 48.7 Å². The summed E-state index contributed by atoms with van der Waals surface area (Å²) in [5.74, 6) is -0.00985. The normalized spacial score (nSPS) is 12.2. The van der Waals surface area contributed by atoms with Gasteiger partial charge in [-0.2, -0.15) is 0 Å². The van der Waals surface area contributed by atoms with Gasteiger partial charge in [-0.15, -0.1) is 0 Å². The van der Waals surface area contributed by atoms with Crippen molar-refractivity contribution in [2.75, 3.05) is 13.7 Å². The molecule has 1 heterocycles. The highest BCUT2D eigenvalue weighted by atomic mass is 79.9. The minimum absolute atomic E-state index is 0.235. The van der Waals surface area contributed by atoms with Crippen molar-refractivity contribution in [2.45, 2.75) is 6.92 Å². The van der Waals surface area contributed by atoms with Gasteiger partial charge in [0.15, 0.2) is 5.75 Å². The van der Waals surface area contributed by atoms with Crippen molar-refractivity contribution < 1.29 is 14.3 Å². The summed E-state index contributed by atoms with van der Waals surface area (Å²) < 4.78 is 12.2. The predicted octanol–water partition coefficient (Wildman–Crippen LogP) is 3.95. The lowest BCUT2D eigenvalue weighted by Crippen LogP contribution is -2.20. The lowest BCUT2D eigenvalue weighted by molar-refractivity contribution is -0.145. The van der Waals surface area contributed by atoms with Crippen LogP contribution in [0.5, 0.6) is 5.75 Å². The molecule has 0 radical (unpaired) electrons. The highest BCUT2D eigenvalue weighted by molar-refractivity contribution is 9.11. The standard InChI is InChI=1S/C14H13Br2NO3/c1-8(14(18)19-2)7-20-13-11(16)6-10(15)9-4-3-5-17-12(9)13/h3-6,8H,7H2,1-2H3. The van der Waals surface area contributed by atoms with E-state index in [9.17, 15) is 4.79 Å². The third kappa shape index (κ3) is 3.12. The van der Waals surface area contributed by atoms with Crippen LogP contribution in [0, 0.1) is 5.92 Å². The van der Waals surface area contributed by atoms with E-state index in [1.165, 1.54) is 7.11 Å². The first-order valence-corrected chi connectivity index (χ1v) is 7.56. The zero-order valence-corrected chi connectivity index (χ0v) is 14.2. The van der Waals surface area contributed by atoms with Crippen LogP contribution in [0.25, 0.3) is 10.9 Å². The summed E-state index contributed by atoms with van der Waals surface area (Å²) in [4.78, 5) is 15.7. The lowest BCUT2D eigenvalue weighted by Gasteiger charge is -2.14. The molecule has 2 rings (SSSR count). The SMILES string of the molecule is COC(=O)C(C)COc1c(Br)cc(Br)c2cccnc12. The first-order chi connectivity index (χ1) is 9.54. The Balaban J connectivity index is 2.32. The molecule has 1 atom stereocenters. The van der Waals surface area contributed by atoms with Gasteiger partial charge in [-0.3, -0.25) is 9.78 Å². The van der Waals surface area contributed by atoms with E-state index in [0.717, 1.165) is 19.8 Å². The molecule has 1 aromatic carbocycles. The number of carbonyl (C=O) groups is 1. The maximum atomic E-state index is 11.4. The molecule has 1 aromatic heterocycles. The van der Waals surface area contributed by atoms with E-state index in [1.54, 1.807) is 13.1 Å². The van der Waals surface area contributed by atoms with Crippen molar-refractivity contribution in [3.63, 3.8) is 0 Å². The van der Waals surface area contributed by atoms with Gasteiger partial charge in [0.05, 0.1) is 17.5 Å². The Morgan fingerprint density at radius 2 is 2.15 bits per heavy atom. The molecule has 0 fully saturated rings. The Hall–Kier alpha value is -1.14. The molecule has 0 aliphatic heterocycles. The fourth-order valence-electron chi connectivity index (χ4n) is 1.76. The number of hydrogen-bond donors (Lipinski definition) is 0. The minimum Gasteiger partial charge on any atom is -0.489 e. The summed E-state index contributed by atoms with van der Waals surface area (Å²) in [5.41, 5.74) is 0.741. The second-order valence-electron chi connectivity index (χ2n) is 4.30. The van der Waals surface area contributed by atoms with Crippen LogP contribution in [0.3, 0.4) is 0 Å². The topological polar surface area (TPSA) is 48.4 Å². The summed E-state index contributed by atoms with van der Waals surface area (Å²) >= 11 is 6.96. The van der Waals surface area contributed by atoms with E-state index < -0.39 is 0 Å². The van der Waals surface area contributed by atoms with E-state index in [-0.39, 0.29) is 18.5 Å². The van der Waals surface area contributed by atoms with Gasteiger partial charge in [0.25, 0.3) is 0 Å². The van der Waals surface area contributed by atoms with Gasteiger partial charge >= 0.3 is 5.97 Å². The van der Waals surface area contributed by atoms with Crippen LogP contribution >= 0.6 is 31.9 Å². The maximum Gasteiger partial charge on any atom is 0.311 e. The van der Waals surface area contributed by atoms with Crippen LogP contribution < -0.4 is 4.74 Å². The summed E-state index contributed by atoms with van der Waals surface area (Å²) in [6.07, 6.45) is 1.71. The number of nitrogens with zero attached hydrogens (tertiary/aromatic N) is 1. The first kappa shape index (κ1) is 15.3. The van der Waals surface area contributed by atoms with E-state index in [4.69, 9.17) is 4.74 Å². The molecule has 0 aliphatic carbocycles. The maximum absolute atomic E-state index is 11.4. The molecule has 6 heteroatoms. The average Bonchev–Trinajstić information content (AvgIpc) is 2.45. The number of ether oxygens (including phenoxy) is 2. The van der Waals surface area contributed by atoms with Gasteiger partial charge in [-0.1, -0.05) is 22.0 Å². The van der Waals surface area contributed by atoms with Gasteiger partial charge in [-0.05, 0) is 35.0 Å². The van der Waals surface area contributed by atoms with Crippen LogP contribution in [0.1, 0.15) is 6.92 Å². The zero-order valence-electron chi connectivity index (χ0n) is 11.0. The second-order valence-corrected chi connectivity index (χ2v) is 6.01. The van der Waals surface area contributed by atoms with E-state index in [1.807, 2.05) is 18.2 Å². The van der Waals surface area contributed by atoms with E-state index in [2.05, 4.69) is 41.6 Å².